The fraction of sp³-hybridized carbons (Fsp3) is 0.391. The smallest absolute Gasteiger partial charge is 0.435 e. The molecule has 0 fully saturated rings. The summed E-state index contributed by atoms with van der Waals surface area (Å²) in [6.45, 7) is 9.04. The van der Waals surface area contributed by atoms with Gasteiger partial charge in [-0.15, -0.1) is 5.10 Å². The summed E-state index contributed by atoms with van der Waals surface area (Å²) in [6, 6.07) is 9.76. The molecule has 0 radical (unpaired) electrons. The number of aliphatic hydroxyl groups is 1. The van der Waals surface area contributed by atoms with E-state index in [2.05, 4.69) is 27.9 Å². The monoisotopic (exact) mass is 434 g/mol. The van der Waals surface area contributed by atoms with Crippen molar-refractivity contribution >= 4 is 22.8 Å². The number of nitrogens with one attached hydrogen (secondary N) is 2. The molecule has 0 atom stereocenters. The summed E-state index contributed by atoms with van der Waals surface area (Å²) in [6.07, 6.45) is -0.629. The number of nitriles is 2. The number of aromatic nitrogens is 2. The Hall–Kier alpha value is -3.82. The molecule has 1 aliphatic heterocycles. The van der Waals surface area contributed by atoms with Crippen molar-refractivity contribution in [2.75, 3.05) is 18.5 Å². The van der Waals surface area contributed by atoms with Gasteiger partial charge in [-0.2, -0.15) is 15.2 Å². The zero-order valence-electron chi connectivity index (χ0n) is 18.8. The van der Waals surface area contributed by atoms with E-state index in [9.17, 15) is 20.4 Å². The zero-order chi connectivity index (χ0) is 23.6. The van der Waals surface area contributed by atoms with Crippen LogP contribution in [0.3, 0.4) is 0 Å². The van der Waals surface area contributed by atoms with Crippen LogP contribution < -0.4 is 10.6 Å². The zero-order valence-corrected chi connectivity index (χ0v) is 18.8. The van der Waals surface area contributed by atoms with Gasteiger partial charge < -0.3 is 20.5 Å². The van der Waals surface area contributed by atoms with Crippen LogP contribution >= 0.6 is 0 Å². The molecule has 3 rings (SSSR count). The lowest BCUT2D eigenvalue weighted by molar-refractivity contribution is 0.0523. The van der Waals surface area contributed by atoms with E-state index in [1.54, 1.807) is 46.8 Å². The lowest BCUT2D eigenvalue weighted by Gasteiger charge is -2.26. The number of carbonyl (C=O) groups excluding carboxylic acids is 1. The van der Waals surface area contributed by atoms with Gasteiger partial charge in [0.25, 0.3) is 0 Å². The molecule has 0 aliphatic carbocycles. The Kier molecular flexibility index (Phi) is 6.24. The number of hydrogen-bond donors (Lipinski definition) is 3. The van der Waals surface area contributed by atoms with Crippen molar-refractivity contribution in [2.24, 2.45) is 0 Å². The average Bonchev–Trinajstić information content (AvgIpc) is 3.08. The van der Waals surface area contributed by atoms with Gasteiger partial charge in [-0.05, 0) is 52.3 Å². The Morgan fingerprint density at radius 3 is 2.41 bits per heavy atom. The van der Waals surface area contributed by atoms with Crippen LogP contribution in [0, 0.1) is 22.7 Å². The maximum absolute atomic E-state index is 12.7. The molecule has 166 valence electrons. The molecule has 0 saturated heterocycles. The molecule has 0 saturated carbocycles. The molecule has 2 heterocycles. The Morgan fingerprint density at radius 2 is 1.88 bits per heavy atom. The van der Waals surface area contributed by atoms with Gasteiger partial charge in [0.2, 0.25) is 0 Å². The van der Waals surface area contributed by atoms with Crippen LogP contribution in [0.25, 0.3) is 10.9 Å². The summed E-state index contributed by atoms with van der Waals surface area (Å²) in [5.74, 6) is -0.139. The maximum Gasteiger partial charge on any atom is 0.435 e. The molecular formula is C23H26N6O3. The van der Waals surface area contributed by atoms with Crippen molar-refractivity contribution in [2.45, 2.75) is 46.1 Å². The van der Waals surface area contributed by atoms with E-state index in [-0.39, 0.29) is 13.2 Å². The van der Waals surface area contributed by atoms with Crippen LogP contribution in [0.1, 0.15) is 46.1 Å². The number of benzene rings is 1. The lowest BCUT2D eigenvalue weighted by atomic mass is 9.81. The third-order valence-electron chi connectivity index (χ3n) is 5.01. The summed E-state index contributed by atoms with van der Waals surface area (Å²) >= 11 is 0. The normalized spacial score (nSPS) is 14.8. The summed E-state index contributed by atoms with van der Waals surface area (Å²) in [5.41, 5.74) is 2.83. The van der Waals surface area contributed by atoms with Crippen LogP contribution in [0.15, 0.2) is 40.7 Å². The van der Waals surface area contributed by atoms with Gasteiger partial charge in [0.15, 0.2) is 5.82 Å². The highest BCUT2D eigenvalue weighted by molar-refractivity contribution is 5.96. The van der Waals surface area contributed by atoms with Crippen LogP contribution in [-0.4, -0.2) is 39.7 Å². The minimum absolute atomic E-state index is 0.115. The predicted molar refractivity (Wildman–Crippen MR) is 119 cm³/mol. The van der Waals surface area contributed by atoms with Crippen molar-refractivity contribution in [3.05, 3.63) is 46.3 Å². The van der Waals surface area contributed by atoms with Crippen molar-refractivity contribution in [3.8, 4) is 12.1 Å². The van der Waals surface area contributed by atoms with Gasteiger partial charge in [0.05, 0.1) is 41.3 Å². The molecule has 1 aromatic heterocycles. The third-order valence-corrected chi connectivity index (χ3v) is 5.01. The van der Waals surface area contributed by atoms with Crippen molar-refractivity contribution < 1.29 is 14.6 Å². The fourth-order valence-electron chi connectivity index (χ4n) is 3.69. The second kappa shape index (κ2) is 8.74. The Balaban J connectivity index is 2.19. The molecule has 2 aromatic rings. The number of rotatable bonds is 4. The standard InChI is InChI=1S/C23H26N6O3/c1-13-17(11-24)20(18(12-25)14(2)27-13)15-6-7-19-16(10-15)21(26-8-9-30)28-29(19)22(31)32-23(3,4)5/h6-7,10,20,27,30H,8-9H2,1-5H3,(H,26,28). The Morgan fingerprint density at radius 1 is 1.25 bits per heavy atom. The van der Waals surface area contributed by atoms with E-state index in [0.29, 0.717) is 39.3 Å². The van der Waals surface area contributed by atoms with E-state index in [1.165, 1.54) is 4.68 Å². The fourth-order valence-corrected chi connectivity index (χ4v) is 3.69. The van der Waals surface area contributed by atoms with E-state index in [1.807, 2.05) is 6.07 Å². The number of aliphatic hydroxyl groups excluding tert-OH is 1. The first-order valence-corrected chi connectivity index (χ1v) is 10.2. The summed E-state index contributed by atoms with van der Waals surface area (Å²) in [5, 5.41) is 39.9. The molecule has 3 N–H and O–H groups in total. The van der Waals surface area contributed by atoms with Gasteiger partial charge in [0, 0.05) is 23.3 Å². The second-order valence-electron chi connectivity index (χ2n) is 8.53. The molecule has 0 unspecified atom stereocenters. The number of dihydropyridines is 1. The summed E-state index contributed by atoms with van der Waals surface area (Å²) in [7, 11) is 0. The highest BCUT2D eigenvalue weighted by atomic mass is 16.6. The van der Waals surface area contributed by atoms with E-state index < -0.39 is 17.6 Å². The minimum Gasteiger partial charge on any atom is -0.442 e. The van der Waals surface area contributed by atoms with Crippen LogP contribution in [0.5, 0.6) is 0 Å². The molecule has 0 amide bonds. The van der Waals surface area contributed by atoms with E-state index >= 15 is 0 Å². The van der Waals surface area contributed by atoms with Gasteiger partial charge in [-0.1, -0.05) is 6.07 Å². The first-order chi connectivity index (χ1) is 15.1. The number of hydrogen-bond acceptors (Lipinski definition) is 8. The van der Waals surface area contributed by atoms with Crippen molar-refractivity contribution in [1.29, 1.82) is 10.5 Å². The van der Waals surface area contributed by atoms with E-state index in [4.69, 9.17) is 4.74 Å². The number of allylic oxidation sites excluding steroid dienone is 4. The first kappa shape index (κ1) is 22.9. The number of fused-ring (bicyclic) bond motifs is 1. The quantitative estimate of drug-likeness (QED) is 0.665. The SMILES string of the molecule is CC1=C(C#N)C(c2ccc3c(c2)c(NCCO)nn3C(=O)OC(C)(C)C)C(C#N)=C(C)N1. The maximum atomic E-state index is 12.7. The topological polar surface area (TPSA) is 136 Å². The third kappa shape index (κ3) is 4.29. The molecule has 9 nitrogen and oxygen atoms in total. The predicted octanol–water partition coefficient (Wildman–Crippen LogP) is 3.51. The molecular weight excluding hydrogens is 408 g/mol. The van der Waals surface area contributed by atoms with Crippen LogP contribution in [-0.2, 0) is 4.74 Å². The number of anilines is 1. The van der Waals surface area contributed by atoms with Gasteiger partial charge in [-0.3, -0.25) is 0 Å². The van der Waals surface area contributed by atoms with Crippen molar-refractivity contribution in [1.82, 2.24) is 15.1 Å². The Labute approximate surface area is 186 Å². The van der Waals surface area contributed by atoms with E-state index in [0.717, 1.165) is 5.56 Å². The van der Waals surface area contributed by atoms with Gasteiger partial charge in [-0.25, -0.2) is 4.79 Å². The summed E-state index contributed by atoms with van der Waals surface area (Å²) in [4.78, 5) is 12.7. The average molecular weight is 435 g/mol. The number of carbonyl (C=O) groups is 1. The largest absolute Gasteiger partial charge is 0.442 e. The van der Waals surface area contributed by atoms with Crippen LogP contribution in [0.2, 0.25) is 0 Å². The molecule has 9 heteroatoms. The molecule has 1 aromatic carbocycles. The lowest BCUT2D eigenvalue weighted by Crippen LogP contribution is -2.27. The van der Waals surface area contributed by atoms with Crippen LogP contribution in [0.4, 0.5) is 10.6 Å². The first-order valence-electron chi connectivity index (χ1n) is 10.2. The Bertz CT molecular complexity index is 1180. The van der Waals surface area contributed by atoms with Gasteiger partial charge in [0.1, 0.15) is 5.60 Å². The highest BCUT2D eigenvalue weighted by Crippen LogP contribution is 2.39. The molecule has 0 spiro atoms. The molecule has 32 heavy (non-hydrogen) atoms. The highest BCUT2D eigenvalue weighted by Gasteiger charge is 2.30. The molecule has 0 bridgehead atoms. The number of nitrogens with zero attached hydrogens (tertiary/aromatic N) is 4. The second-order valence-corrected chi connectivity index (χ2v) is 8.53. The van der Waals surface area contributed by atoms with Crippen molar-refractivity contribution in [3.63, 3.8) is 0 Å². The van der Waals surface area contributed by atoms with Gasteiger partial charge >= 0.3 is 6.09 Å². The molecule has 1 aliphatic rings. The number of ether oxygens (including phenoxy) is 1. The summed E-state index contributed by atoms with van der Waals surface area (Å²) < 4.78 is 6.64. The minimum atomic E-state index is -0.697.